The van der Waals surface area contributed by atoms with E-state index >= 15 is 0 Å². The number of thioether (sulfide) groups is 1. The van der Waals surface area contributed by atoms with Crippen LogP contribution in [0, 0.1) is 6.92 Å². The van der Waals surface area contributed by atoms with Gasteiger partial charge in [0.25, 0.3) is 10.0 Å². The molecule has 1 unspecified atom stereocenters. The summed E-state index contributed by atoms with van der Waals surface area (Å²) in [4.78, 5) is 26.5. The van der Waals surface area contributed by atoms with Crippen molar-refractivity contribution in [3.63, 3.8) is 0 Å². The van der Waals surface area contributed by atoms with Crippen molar-refractivity contribution in [3.8, 4) is 5.75 Å². The number of rotatable bonds is 7. The predicted molar refractivity (Wildman–Crippen MR) is 121 cm³/mol. The molecule has 1 aliphatic heterocycles. The van der Waals surface area contributed by atoms with E-state index in [2.05, 4.69) is 9.71 Å². The first kappa shape index (κ1) is 22.8. The van der Waals surface area contributed by atoms with E-state index in [9.17, 15) is 18.0 Å². The minimum Gasteiger partial charge on any atom is -0.497 e. The predicted octanol–water partition coefficient (Wildman–Crippen LogP) is 3.04. The number of amides is 2. The fourth-order valence-corrected chi connectivity index (χ4v) is 5.37. The van der Waals surface area contributed by atoms with Gasteiger partial charge in [0, 0.05) is 24.7 Å². The van der Waals surface area contributed by atoms with Crippen LogP contribution in [0.2, 0.25) is 0 Å². The highest BCUT2D eigenvalue weighted by Gasteiger charge is 2.39. The number of hydrogen-bond acceptors (Lipinski definition) is 6. The molecule has 8 nitrogen and oxygen atoms in total. The second-order valence-electron chi connectivity index (χ2n) is 6.84. The molecule has 1 fully saturated rings. The van der Waals surface area contributed by atoms with Crippen molar-refractivity contribution >= 4 is 44.5 Å². The van der Waals surface area contributed by atoms with Gasteiger partial charge in [0.1, 0.15) is 11.0 Å². The van der Waals surface area contributed by atoms with E-state index in [-0.39, 0.29) is 34.8 Å². The quantitative estimate of drug-likeness (QED) is 0.680. The molecular formula is C21H23N3O5S2. The summed E-state index contributed by atoms with van der Waals surface area (Å²) < 4.78 is 34.3. The Balaban J connectivity index is 1.75. The number of amidine groups is 1. The number of benzene rings is 2. The van der Waals surface area contributed by atoms with Crippen LogP contribution < -0.4 is 10.1 Å². The third-order valence-corrected chi connectivity index (χ3v) is 7.15. The largest absolute Gasteiger partial charge is 0.497 e. The monoisotopic (exact) mass is 461 g/mol. The molecule has 1 saturated heterocycles. The maximum Gasteiger partial charge on any atom is 0.284 e. The Labute approximate surface area is 185 Å². The first-order valence-corrected chi connectivity index (χ1v) is 11.9. The molecule has 10 heteroatoms. The Morgan fingerprint density at radius 2 is 1.94 bits per heavy atom. The summed E-state index contributed by atoms with van der Waals surface area (Å²) in [6.07, 6.45) is -0.110. The Morgan fingerprint density at radius 1 is 1.23 bits per heavy atom. The van der Waals surface area contributed by atoms with E-state index in [1.165, 1.54) is 24.1 Å². The van der Waals surface area contributed by atoms with E-state index < -0.39 is 15.3 Å². The molecule has 164 valence electrons. The van der Waals surface area contributed by atoms with Crippen LogP contribution in [0.4, 0.5) is 5.69 Å². The van der Waals surface area contributed by atoms with Gasteiger partial charge in [-0.25, -0.2) is 0 Å². The molecule has 0 radical (unpaired) electrons. The zero-order valence-electron chi connectivity index (χ0n) is 17.4. The number of aryl methyl sites for hydroxylation is 1. The van der Waals surface area contributed by atoms with Gasteiger partial charge in [-0.3, -0.25) is 14.5 Å². The highest BCUT2D eigenvalue weighted by atomic mass is 32.2. The topological polar surface area (TPSA) is 105 Å². The van der Waals surface area contributed by atoms with Gasteiger partial charge >= 0.3 is 0 Å². The van der Waals surface area contributed by atoms with Gasteiger partial charge in [-0.05, 0) is 38.1 Å². The van der Waals surface area contributed by atoms with E-state index in [0.29, 0.717) is 11.4 Å². The van der Waals surface area contributed by atoms with Gasteiger partial charge in [-0.1, -0.05) is 35.5 Å². The van der Waals surface area contributed by atoms with Crippen LogP contribution in [-0.4, -0.2) is 49.2 Å². The van der Waals surface area contributed by atoms with Crippen molar-refractivity contribution in [2.24, 2.45) is 4.40 Å². The Bertz CT molecular complexity index is 1110. The second kappa shape index (κ2) is 9.52. The summed E-state index contributed by atoms with van der Waals surface area (Å²) in [5, 5.41) is 2.05. The zero-order valence-corrected chi connectivity index (χ0v) is 19.0. The Morgan fingerprint density at radius 3 is 2.58 bits per heavy atom. The van der Waals surface area contributed by atoms with Gasteiger partial charge in [-0.15, -0.1) is 4.40 Å². The smallest absolute Gasteiger partial charge is 0.284 e. The van der Waals surface area contributed by atoms with Crippen molar-refractivity contribution in [1.29, 1.82) is 0 Å². The maximum absolute atomic E-state index is 12.7. The van der Waals surface area contributed by atoms with E-state index in [0.717, 1.165) is 17.3 Å². The summed E-state index contributed by atoms with van der Waals surface area (Å²) in [6, 6.07) is 13.2. The van der Waals surface area contributed by atoms with E-state index in [1.807, 2.05) is 6.92 Å². The van der Waals surface area contributed by atoms with Crippen molar-refractivity contribution in [3.05, 3.63) is 54.1 Å². The van der Waals surface area contributed by atoms with Crippen LogP contribution in [-0.2, 0) is 19.6 Å². The molecule has 1 aliphatic rings. The lowest BCUT2D eigenvalue weighted by molar-refractivity contribution is -0.128. The number of anilines is 1. The Hall–Kier alpha value is -2.85. The molecule has 0 aromatic heterocycles. The fourth-order valence-electron chi connectivity index (χ4n) is 2.95. The van der Waals surface area contributed by atoms with Crippen LogP contribution >= 0.6 is 11.8 Å². The third-order valence-electron chi connectivity index (χ3n) is 4.58. The van der Waals surface area contributed by atoms with E-state index in [1.54, 1.807) is 43.3 Å². The van der Waals surface area contributed by atoms with Gasteiger partial charge < -0.3 is 10.1 Å². The average molecular weight is 462 g/mol. The van der Waals surface area contributed by atoms with E-state index in [4.69, 9.17) is 4.74 Å². The minimum atomic E-state index is -3.98. The van der Waals surface area contributed by atoms with Crippen LogP contribution in [0.1, 0.15) is 18.9 Å². The van der Waals surface area contributed by atoms with Gasteiger partial charge in [-0.2, -0.15) is 8.42 Å². The molecule has 2 amide bonds. The van der Waals surface area contributed by atoms with Crippen molar-refractivity contribution in [2.75, 3.05) is 19.0 Å². The van der Waals surface area contributed by atoms with Gasteiger partial charge in [0.2, 0.25) is 11.8 Å². The fraction of sp³-hybridized carbons (Fsp3) is 0.286. The third kappa shape index (κ3) is 5.45. The lowest BCUT2D eigenvalue weighted by Crippen LogP contribution is -2.33. The lowest BCUT2D eigenvalue weighted by atomic mass is 10.2. The average Bonchev–Trinajstić information content (AvgIpc) is 3.01. The number of nitrogens with one attached hydrogen (secondary N) is 1. The minimum absolute atomic E-state index is 0.0499. The van der Waals surface area contributed by atoms with Gasteiger partial charge in [0.05, 0.1) is 12.0 Å². The molecule has 2 aromatic carbocycles. The lowest BCUT2D eigenvalue weighted by Gasteiger charge is -2.13. The first-order chi connectivity index (χ1) is 14.7. The van der Waals surface area contributed by atoms with Crippen LogP contribution in [0.25, 0.3) is 0 Å². The second-order valence-corrected chi connectivity index (χ2v) is 9.61. The zero-order chi connectivity index (χ0) is 22.6. The molecule has 31 heavy (non-hydrogen) atoms. The Kier molecular flexibility index (Phi) is 7.01. The summed E-state index contributed by atoms with van der Waals surface area (Å²) >= 11 is 0.984. The summed E-state index contributed by atoms with van der Waals surface area (Å²) in [6.45, 7) is 3.83. The molecule has 3 rings (SSSR count). The maximum atomic E-state index is 12.7. The summed E-state index contributed by atoms with van der Waals surface area (Å²) in [7, 11) is -2.45. The molecule has 1 heterocycles. The van der Waals surface area contributed by atoms with Crippen molar-refractivity contribution < 1.29 is 22.7 Å². The molecule has 0 saturated carbocycles. The number of hydrogen-bond donors (Lipinski definition) is 1. The number of carbonyl (C=O) groups is 2. The molecule has 2 aromatic rings. The van der Waals surface area contributed by atoms with Gasteiger partial charge in [0.15, 0.2) is 5.17 Å². The molecule has 0 aliphatic carbocycles. The van der Waals surface area contributed by atoms with Crippen molar-refractivity contribution in [1.82, 2.24) is 4.90 Å². The SMILES string of the molecule is CCN1C(=O)C(CC(=O)Nc2cccc(OC)c2)S/C1=N\S(=O)(=O)c1ccc(C)cc1. The number of ether oxygens (including phenoxy) is 1. The van der Waals surface area contributed by atoms with Crippen molar-refractivity contribution in [2.45, 2.75) is 30.4 Å². The molecule has 0 spiro atoms. The number of sulfonamides is 1. The van der Waals surface area contributed by atoms with Crippen LogP contribution in [0.5, 0.6) is 5.75 Å². The van der Waals surface area contributed by atoms with Crippen LogP contribution in [0.3, 0.4) is 0 Å². The summed E-state index contributed by atoms with van der Waals surface area (Å²) in [5.74, 6) is -0.110. The molecule has 1 atom stereocenters. The number of carbonyl (C=O) groups excluding carboxylic acids is 2. The highest BCUT2D eigenvalue weighted by Crippen LogP contribution is 2.31. The molecule has 1 N–H and O–H groups in total. The normalized spacial score (nSPS) is 17.8. The first-order valence-electron chi connectivity index (χ1n) is 9.57. The van der Waals surface area contributed by atoms with Crippen LogP contribution in [0.15, 0.2) is 57.8 Å². The summed E-state index contributed by atoms with van der Waals surface area (Å²) in [5.41, 5.74) is 1.47. The number of nitrogens with zero attached hydrogens (tertiary/aromatic N) is 2. The molecule has 0 bridgehead atoms. The number of methoxy groups -OCH3 is 1. The highest BCUT2D eigenvalue weighted by molar-refractivity contribution is 8.16. The standard InChI is InChI=1S/C21H23N3O5S2/c1-4-24-20(26)18(13-19(25)22-15-6-5-7-16(12-15)29-3)30-21(24)23-31(27,28)17-10-8-14(2)9-11-17/h5-12,18H,4,13H2,1-3H3,(H,22,25)/b23-21-. The molecular weight excluding hydrogens is 438 g/mol.